The predicted molar refractivity (Wildman–Crippen MR) is 124 cm³/mol. The van der Waals surface area contributed by atoms with Crippen molar-refractivity contribution in [2.24, 2.45) is 0 Å². The Balaban J connectivity index is 1.97. The maximum atomic E-state index is 12.0. The maximum absolute atomic E-state index is 12.0. The molecule has 0 aromatic heterocycles. The fourth-order valence-corrected chi connectivity index (χ4v) is 3.31. The Kier molecular flexibility index (Phi) is 14.7. The van der Waals surface area contributed by atoms with Gasteiger partial charge in [0.25, 0.3) is 10.1 Å². The van der Waals surface area contributed by atoms with Gasteiger partial charge in [0.1, 0.15) is 18.7 Å². The van der Waals surface area contributed by atoms with Crippen LogP contribution >= 0.6 is 0 Å². The molecule has 0 saturated heterocycles. The summed E-state index contributed by atoms with van der Waals surface area (Å²) in [6.07, 6.45) is 0.402. The van der Waals surface area contributed by atoms with Crippen LogP contribution in [0.3, 0.4) is 0 Å². The van der Waals surface area contributed by atoms with E-state index in [0.29, 0.717) is 13.0 Å². The van der Waals surface area contributed by atoms with Crippen molar-refractivity contribution < 1.29 is 45.9 Å². The molecule has 13 heteroatoms. The Morgan fingerprint density at radius 3 is 1.91 bits per heavy atom. The molecule has 2 unspecified atom stereocenters. The summed E-state index contributed by atoms with van der Waals surface area (Å²) in [5, 5.41) is 4.71. The molecule has 1 aromatic rings. The second-order valence-electron chi connectivity index (χ2n) is 7.33. The third kappa shape index (κ3) is 13.2. The van der Waals surface area contributed by atoms with Crippen molar-refractivity contribution in [3.63, 3.8) is 0 Å². The van der Waals surface area contributed by atoms with Crippen molar-refractivity contribution in [1.29, 1.82) is 0 Å². The Morgan fingerprint density at radius 2 is 1.37 bits per heavy atom. The summed E-state index contributed by atoms with van der Waals surface area (Å²) >= 11 is 0. The number of hydrogen-bond donors (Lipinski definition) is 2. The number of esters is 1. The van der Waals surface area contributed by atoms with E-state index in [0.717, 1.165) is 5.56 Å². The molecule has 2 N–H and O–H groups in total. The average Bonchev–Trinajstić information content (AvgIpc) is 2.82. The molecule has 0 saturated carbocycles. The van der Waals surface area contributed by atoms with Crippen molar-refractivity contribution in [3.05, 3.63) is 29.8 Å². The standard InChI is InChI=1S/C22H34N2O10S/c1-17-4-6-20(7-5-17)35(28,29)34-15-13-32-11-9-30-8-10-31-12-14-33-22(27)19(3)24-21(26)18(2)23-16-25/h4-7,16,18-19H,8-15H2,1-3H3,(H,23,25)(H,24,26). The zero-order valence-corrected chi connectivity index (χ0v) is 21.0. The van der Waals surface area contributed by atoms with E-state index >= 15 is 0 Å². The summed E-state index contributed by atoms with van der Waals surface area (Å²) in [5.41, 5.74) is 0.953. The molecule has 2 amide bonds. The van der Waals surface area contributed by atoms with Crippen LogP contribution < -0.4 is 10.6 Å². The molecule has 0 aliphatic rings. The highest BCUT2D eigenvalue weighted by atomic mass is 32.2. The first-order valence-electron chi connectivity index (χ1n) is 11.0. The van der Waals surface area contributed by atoms with Gasteiger partial charge in [-0.15, -0.1) is 0 Å². The minimum absolute atomic E-state index is 0.00971. The van der Waals surface area contributed by atoms with Gasteiger partial charge in [-0.05, 0) is 32.9 Å². The smallest absolute Gasteiger partial charge is 0.328 e. The lowest BCUT2D eigenvalue weighted by Crippen LogP contribution is -2.48. The summed E-state index contributed by atoms with van der Waals surface area (Å²) in [6.45, 7) is 6.10. The minimum atomic E-state index is -3.80. The lowest BCUT2D eigenvalue weighted by atomic mass is 10.2. The molecule has 0 aliphatic heterocycles. The van der Waals surface area contributed by atoms with E-state index < -0.39 is 34.1 Å². The molecule has 1 rings (SSSR count). The summed E-state index contributed by atoms with van der Waals surface area (Å²) in [4.78, 5) is 33.9. The third-order valence-corrected chi connectivity index (χ3v) is 5.74. The molecule has 0 spiro atoms. The highest BCUT2D eigenvalue weighted by molar-refractivity contribution is 7.86. The van der Waals surface area contributed by atoms with Crippen LogP contribution in [0.2, 0.25) is 0 Å². The van der Waals surface area contributed by atoms with Crippen LogP contribution in [0.25, 0.3) is 0 Å². The van der Waals surface area contributed by atoms with Gasteiger partial charge in [0, 0.05) is 0 Å². The number of rotatable bonds is 19. The Bertz CT molecular complexity index is 877. The van der Waals surface area contributed by atoms with Crippen molar-refractivity contribution in [2.75, 3.05) is 52.9 Å². The van der Waals surface area contributed by atoms with Crippen molar-refractivity contribution in [3.8, 4) is 0 Å². The maximum Gasteiger partial charge on any atom is 0.328 e. The van der Waals surface area contributed by atoms with Crippen LogP contribution in [-0.2, 0) is 47.6 Å². The summed E-state index contributed by atoms with van der Waals surface area (Å²) < 4.78 is 49.8. The molecule has 0 heterocycles. The zero-order chi connectivity index (χ0) is 26.1. The normalized spacial score (nSPS) is 13.0. The number of ether oxygens (including phenoxy) is 4. The zero-order valence-electron chi connectivity index (χ0n) is 20.2. The van der Waals surface area contributed by atoms with Crippen LogP contribution in [0.15, 0.2) is 29.2 Å². The molecule has 0 aliphatic carbocycles. The van der Waals surface area contributed by atoms with Crippen LogP contribution in [-0.4, -0.2) is 91.6 Å². The largest absolute Gasteiger partial charge is 0.462 e. The molecule has 0 fully saturated rings. The minimum Gasteiger partial charge on any atom is -0.462 e. The predicted octanol–water partition coefficient (Wildman–Crippen LogP) is -0.0675. The number of carbonyl (C=O) groups is 3. The van der Waals surface area contributed by atoms with E-state index in [1.807, 2.05) is 6.92 Å². The van der Waals surface area contributed by atoms with Gasteiger partial charge < -0.3 is 29.6 Å². The van der Waals surface area contributed by atoms with E-state index in [9.17, 15) is 22.8 Å². The fourth-order valence-electron chi connectivity index (χ4n) is 2.42. The van der Waals surface area contributed by atoms with Gasteiger partial charge in [0.2, 0.25) is 12.3 Å². The Morgan fingerprint density at radius 1 is 0.857 bits per heavy atom. The monoisotopic (exact) mass is 518 g/mol. The molecule has 0 bridgehead atoms. The topological polar surface area (TPSA) is 156 Å². The van der Waals surface area contributed by atoms with Crippen LogP contribution in [0.4, 0.5) is 0 Å². The third-order valence-electron chi connectivity index (χ3n) is 4.42. The van der Waals surface area contributed by atoms with E-state index in [1.54, 1.807) is 12.1 Å². The number of amides is 2. The SMILES string of the molecule is Cc1ccc(S(=O)(=O)OCCOCCOCCOCCOC(=O)C(C)NC(=O)C(C)NC=O)cc1. The van der Waals surface area contributed by atoms with E-state index in [2.05, 4.69) is 10.6 Å². The Hall–Kier alpha value is -2.58. The number of hydrogen-bond acceptors (Lipinski definition) is 10. The fraction of sp³-hybridized carbons (Fsp3) is 0.591. The molecule has 1 aromatic carbocycles. The van der Waals surface area contributed by atoms with Crippen molar-refractivity contribution in [1.82, 2.24) is 10.6 Å². The van der Waals surface area contributed by atoms with E-state index in [1.165, 1.54) is 26.0 Å². The van der Waals surface area contributed by atoms with Gasteiger partial charge in [-0.25, -0.2) is 4.79 Å². The summed E-state index contributed by atoms with van der Waals surface area (Å²) in [6, 6.07) is 4.75. The van der Waals surface area contributed by atoms with E-state index in [4.69, 9.17) is 23.1 Å². The first-order chi connectivity index (χ1) is 16.7. The Labute approximate surface area is 205 Å². The number of nitrogens with one attached hydrogen (secondary N) is 2. The van der Waals surface area contributed by atoms with Gasteiger partial charge in [-0.2, -0.15) is 8.42 Å². The molecule has 0 radical (unpaired) electrons. The molecule has 35 heavy (non-hydrogen) atoms. The first-order valence-corrected chi connectivity index (χ1v) is 12.4. The lowest BCUT2D eigenvalue weighted by molar-refractivity contribution is -0.149. The lowest BCUT2D eigenvalue weighted by Gasteiger charge is -2.16. The second-order valence-corrected chi connectivity index (χ2v) is 8.95. The molecule has 198 valence electrons. The van der Waals surface area contributed by atoms with Crippen molar-refractivity contribution >= 4 is 28.4 Å². The second kappa shape index (κ2) is 16.9. The van der Waals surface area contributed by atoms with Crippen LogP contribution in [0.1, 0.15) is 19.4 Å². The first kappa shape index (κ1) is 30.5. The summed E-state index contributed by atoms with van der Waals surface area (Å²) in [7, 11) is -3.80. The van der Waals surface area contributed by atoms with Gasteiger partial charge in [0.05, 0.1) is 51.1 Å². The van der Waals surface area contributed by atoms with Gasteiger partial charge in [-0.1, -0.05) is 17.7 Å². The highest BCUT2D eigenvalue weighted by Crippen LogP contribution is 2.12. The van der Waals surface area contributed by atoms with Gasteiger partial charge in [-0.3, -0.25) is 13.8 Å². The van der Waals surface area contributed by atoms with Gasteiger partial charge in [0.15, 0.2) is 0 Å². The number of carbonyl (C=O) groups excluding carboxylic acids is 3. The van der Waals surface area contributed by atoms with Crippen LogP contribution in [0.5, 0.6) is 0 Å². The van der Waals surface area contributed by atoms with Gasteiger partial charge >= 0.3 is 5.97 Å². The number of benzene rings is 1. The quantitative estimate of drug-likeness (QED) is 0.110. The molecule has 2 atom stereocenters. The molecule has 12 nitrogen and oxygen atoms in total. The average molecular weight is 519 g/mol. The molecular weight excluding hydrogens is 484 g/mol. The number of aryl methyl sites for hydroxylation is 1. The van der Waals surface area contributed by atoms with E-state index in [-0.39, 0.29) is 51.1 Å². The van der Waals surface area contributed by atoms with Crippen LogP contribution in [0, 0.1) is 6.92 Å². The highest BCUT2D eigenvalue weighted by Gasteiger charge is 2.20. The summed E-state index contributed by atoms with van der Waals surface area (Å²) in [5.74, 6) is -1.12. The van der Waals surface area contributed by atoms with Crippen molar-refractivity contribution in [2.45, 2.75) is 37.8 Å². The molecular formula is C22H34N2O10S.